The number of allylic oxidation sites excluding steroid dienone is 4. The van der Waals surface area contributed by atoms with Crippen LogP contribution in [0.1, 0.15) is 335 Å². The van der Waals surface area contributed by atoms with Gasteiger partial charge >= 0.3 is 17.9 Å². The van der Waals surface area contributed by atoms with Crippen LogP contribution in [0.4, 0.5) is 0 Å². The molecule has 0 rings (SSSR count). The lowest BCUT2D eigenvalue weighted by molar-refractivity contribution is -0.167. The molecule has 6 heteroatoms. The molecule has 1 unspecified atom stereocenters. The van der Waals surface area contributed by atoms with E-state index in [0.717, 1.165) is 64.2 Å². The van der Waals surface area contributed by atoms with Gasteiger partial charge in [-0.1, -0.05) is 270 Å². The van der Waals surface area contributed by atoms with Gasteiger partial charge in [-0.05, 0) is 70.6 Å². The Kier molecular flexibility index (Phi) is 55.7. The summed E-state index contributed by atoms with van der Waals surface area (Å²) in [6, 6.07) is 0. The van der Waals surface area contributed by atoms with Crippen molar-refractivity contribution in [2.75, 3.05) is 13.2 Å². The highest BCUT2D eigenvalue weighted by Crippen LogP contribution is 2.17. The monoisotopic (exact) mass is 957 g/mol. The molecule has 0 saturated carbocycles. The quantitative estimate of drug-likeness (QED) is 0.0262. The summed E-state index contributed by atoms with van der Waals surface area (Å²) in [5, 5.41) is 0. The first-order valence-electron chi connectivity index (χ1n) is 30.3. The number of ether oxygens (including phenoxy) is 3. The number of esters is 3. The highest BCUT2D eigenvalue weighted by molar-refractivity contribution is 5.71. The van der Waals surface area contributed by atoms with E-state index in [0.29, 0.717) is 19.3 Å². The molecule has 68 heavy (non-hydrogen) atoms. The number of hydrogen-bond acceptors (Lipinski definition) is 6. The lowest BCUT2D eigenvalue weighted by Crippen LogP contribution is -2.30. The fourth-order valence-corrected chi connectivity index (χ4v) is 9.08. The molecule has 0 aliphatic carbocycles. The Hall–Kier alpha value is -2.11. The van der Waals surface area contributed by atoms with Crippen LogP contribution in [0, 0.1) is 0 Å². The van der Waals surface area contributed by atoms with Gasteiger partial charge in [-0.25, -0.2) is 0 Å². The second-order valence-electron chi connectivity index (χ2n) is 20.6. The van der Waals surface area contributed by atoms with Crippen molar-refractivity contribution in [3.63, 3.8) is 0 Å². The molecule has 6 nitrogen and oxygen atoms in total. The van der Waals surface area contributed by atoms with Gasteiger partial charge in [0.15, 0.2) is 6.10 Å². The average Bonchev–Trinajstić information content (AvgIpc) is 3.34. The summed E-state index contributed by atoms with van der Waals surface area (Å²) in [7, 11) is 0. The molecule has 0 aliphatic heterocycles. The maximum absolute atomic E-state index is 12.9. The highest BCUT2D eigenvalue weighted by Gasteiger charge is 2.19. The van der Waals surface area contributed by atoms with E-state index < -0.39 is 6.10 Å². The Labute approximate surface area is 423 Å². The molecule has 0 aromatic carbocycles. The van der Waals surface area contributed by atoms with E-state index in [1.807, 2.05) is 0 Å². The number of rotatable bonds is 56. The van der Waals surface area contributed by atoms with Gasteiger partial charge < -0.3 is 14.2 Å². The van der Waals surface area contributed by atoms with Gasteiger partial charge in [-0.3, -0.25) is 14.4 Å². The van der Waals surface area contributed by atoms with E-state index in [1.165, 1.54) is 231 Å². The van der Waals surface area contributed by atoms with E-state index in [-0.39, 0.29) is 31.1 Å². The SMILES string of the molecule is CCCCCCCC/C=C\CCCCCCCCCC(=O)OC(COC(=O)CCCCC/C=C\CCCCCCCCC)COC(=O)CCCCCCCCCCCCCCCCCCCCC. The van der Waals surface area contributed by atoms with Gasteiger partial charge in [-0.2, -0.15) is 0 Å². The summed E-state index contributed by atoms with van der Waals surface area (Å²) in [5.41, 5.74) is 0. The summed E-state index contributed by atoms with van der Waals surface area (Å²) in [5.74, 6) is -0.871. The largest absolute Gasteiger partial charge is 0.462 e. The standard InChI is InChI=1S/C62H116O6/c1-4-7-10-13-16-19-22-25-28-30-31-33-34-37-40-43-46-49-52-55-61(64)67-58-59(57-66-60(63)54-51-48-45-42-39-36-27-24-21-18-15-12-9-6-3)68-62(65)56-53-50-47-44-41-38-35-32-29-26-23-20-17-14-11-8-5-2/h26,29,36,39,59H,4-25,27-28,30-35,37-38,40-58H2,1-3H3/b29-26-,39-36-. The van der Waals surface area contributed by atoms with E-state index in [1.54, 1.807) is 0 Å². The molecule has 0 saturated heterocycles. The zero-order chi connectivity index (χ0) is 49.3. The molecule has 0 fully saturated rings. The Morgan fingerprint density at radius 1 is 0.279 bits per heavy atom. The van der Waals surface area contributed by atoms with Gasteiger partial charge in [0.25, 0.3) is 0 Å². The summed E-state index contributed by atoms with van der Waals surface area (Å²) in [6.07, 6.45) is 67.4. The first kappa shape index (κ1) is 65.9. The van der Waals surface area contributed by atoms with Crippen molar-refractivity contribution in [2.24, 2.45) is 0 Å². The maximum Gasteiger partial charge on any atom is 0.306 e. The van der Waals surface area contributed by atoms with Crippen molar-refractivity contribution in [3.05, 3.63) is 24.3 Å². The van der Waals surface area contributed by atoms with Crippen LogP contribution in [0.2, 0.25) is 0 Å². The number of unbranched alkanes of at least 4 members (excludes halogenated alkanes) is 41. The van der Waals surface area contributed by atoms with Gasteiger partial charge in [0.05, 0.1) is 0 Å². The molecular weight excluding hydrogens is 841 g/mol. The first-order chi connectivity index (χ1) is 33.5. The van der Waals surface area contributed by atoms with Crippen LogP contribution in [0.15, 0.2) is 24.3 Å². The number of hydrogen-bond donors (Lipinski definition) is 0. The Morgan fingerprint density at radius 2 is 0.485 bits per heavy atom. The second-order valence-corrected chi connectivity index (χ2v) is 20.6. The van der Waals surface area contributed by atoms with Crippen LogP contribution >= 0.6 is 0 Å². The molecule has 0 N–H and O–H groups in total. The van der Waals surface area contributed by atoms with Crippen molar-refractivity contribution in [3.8, 4) is 0 Å². The molecule has 0 aliphatic rings. The van der Waals surface area contributed by atoms with Crippen molar-refractivity contribution in [2.45, 2.75) is 341 Å². The summed E-state index contributed by atoms with van der Waals surface area (Å²) in [4.78, 5) is 38.2. The van der Waals surface area contributed by atoms with Crippen molar-refractivity contribution >= 4 is 17.9 Å². The number of carbonyl (C=O) groups excluding carboxylic acids is 3. The molecular formula is C62H116O6. The van der Waals surface area contributed by atoms with Gasteiger partial charge in [0, 0.05) is 19.3 Å². The summed E-state index contributed by atoms with van der Waals surface area (Å²) >= 11 is 0. The van der Waals surface area contributed by atoms with Crippen LogP contribution in [0.5, 0.6) is 0 Å². The van der Waals surface area contributed by atoms with Crippen LogP contribution < -0.4 is 0 Å². The normalized spacial score (nSPS) is 12.1. The van der Waals surface area contributed by atoms with Crippen LogP contribution in [-0.4, -0.2) is 37.2 Å². The average molecular weight is 958 g/mol. The molecule has 0 heterocycles. The zero-order valence-corrected chi connectivity index (χ0v) is 45.9. The Morgan fingerprint density at radius 3 is 0.750 bits per heavy atom. The van der Waals surface area contributed by atoms with Crippen LogP contribution in [-0.2, 0) is 28.6 Å². The van der Waals surface area contributed by atoms with Crippen molar-refractivity contribution in [1.82, 2.24) is 0 Å². The van der Waals surface area contributed by atoms with E-state index >= 15 is 0 Å². The molecule has 0 spiro atoms. The van der Waals surface area contributed by atoms with Crippen LogP contribution in [0.3, 0.4) is 0 Å². The van der Waals surface area contributed by atoms with Crippen molar-refractivity contribution in [1.29, 1.82) is 0 Å². The molecule has 0 bridgehead atoms. The minimum Gasteiger partial charge on any atom is -0.462 e. The third-order valence-electron chi connectivity index (χ3n) is 13.7. The fraction of sp³-hybridized carbons (Fsp3) is 0.887. The van der Waals surface area contributed by atoms with E-state index in [9.17, 15) is 14.4 Å². The van der Waals surface area contributed by atoms with Crippen LogP contribution in [0.25, 0.3) is 0 Å². The van der Waals surface area contributed by atoms with Crippen molar-refractivity contribution < 1.29 is 28.6 Å². The summed E-state index contributed by atoms with van der Waals surface area (Å²) < 4.78 is 16.9. The fourth-order valence-electron chi connectivity index (χ4n) is 9.08. The third kappa shape index (κ3) is 54.8. The van der Waals surface area contributed by atoms with Gasteiger partial charge in [0.1, 0.15) is 13.2 Å². The highest BCUT2D eigenvalue weighted by atomic mass is 16.6. The molecule has 1 atom stereocenters. The maximum atomic E-state index is 12.9. The Bertz CT molecular complexity index is 1100. The predicted octanol–water partition coefficient (Wildman–Crippen LogP) is 20.3. The van der Waals surface area contributed by atoms with E-state index in [2.05, 4.69) is 45.1 Å². The molecule has 0 amide bonds. The molecule has 0 radical (unpaired) electrons. The molecule has 0 aromatic heterocycles. The smallest absolute Gasteiger partial charge is 0.306 e. The predicted molar refractivity (Wildman–Crippen MR) is 293 cm³/mol. The van der Waals surface area contributed by atoms with E-state index in [4.69, 9.17) is 14.2 Å². The van der Waals surface area contributed by atoms with Gasteiger partial charge in [0.2, 0.25) is 0 Å². The summed E-state index contributed by atoms with van der Waals surface area (Å²) in [6.45, 7) is 6.67. The topological polar surface area (TPSA) is 78.9 Å². The molecule has 400 valence electrons. The molecule has 0 aromatic rings. The number of carbonyl (C=O) groups is 3. The minimum atomic E-state index is -0.776. The third-order valence-corrected chi connectivity index (χ3v) is 13.7. The lowest BCUT2D eigenvalue weighted by atomic mass is 10.0. The Balaban J connectivity index is 4.32. The first-order valence-corrected chi connectivity index (χ1v) is 30.3. The van der Waals surface area contributed by atoms with Gasteiger partial charge in [-0.15, -0.1) is 0 Å². The zero-order valence-electron chi connectivity index (χ0n) is 45.9. The second kappa shape index (κ2) is 57.5. The lowest BCUT2D eigenvalue weighted by Gasteiger charge is -2.18. The minimum absolute atomic E-state index is 0.0730.